The normalized spacial score (nSPS) is 10.8. The second-order valence-electron chi connectivity index (χ2n) is 4.32. The van der Waals surface area contributed by atoms with Gasteiger partial charge in [0.2, 0.25) is 0 Å². The molecule has 94 valence electrons. The molecule has 5 heteroatoms. The Morgan fingerprint density at radius 3 is 2.95 bits per heavy atom. The molecular formula is C14H12N4O. The van der Waals surface area contributed by atoms with Crippen LogP contribution in [0.25, 0.3) is 22.0 Å². The molecule has 0 radical (unpaired) electrons. The number of aromatic amines is 1. The zero-order chi connectivity index (χ0) is 13.4. The summed E-state index contributed by atoms with van der Waals surface area (Å²) in [5.74, 6) is -0.0226. The molecule has 19 heavy (non-hydrogen) atoms. The Kier molecular flexibility index (Phi) is 2.52. The van der Waals surface area contributed by atoms with E-state index < -0.39 is 5.91 Å². The summed E-state index contributed by atoms with van der Waals surface area (Å²) < 4.78 is 0. The van der Waals surface area contributed by atoms with Gasteiger partial charge in [0, 0.05) is 23.5 Å². The lowest BCUT2D eigenvalue weighted by Gasteiger charge is -2.06. The molecule has 1 amide bonds. The smallest absolute Gasteiger partial charge is 0.268 e. The molecule has 0 unspecified atom stereocenters. The van der Waals surface area contributed by atoms with Crippen LogP contribution in [0.4, 0.5) is 0 Å². The van der Waals surface area contributed by atoms with Gasteiger partial charge in [-0.15, -0.1) is 0 Å². The predicted molar refractivity (Wildman–Crippen MR) is 72.6 cm³/mol. The van der Waals surface area contributed by atoms with E-state index in [9.17, 15) is 4.79 Å². The first kappa shape index (κ1) is 11.4. The molecule has 5 nitrogen and oxygen atoms in total. The minimum absolute atomic E-state index is 0.249. The third kappa shape index (κ3) is 1.95. The molecule has 0 aliphatic carbocycles. The third-order valence-corrected chi connectivity index (χ3v) is 3.01. The molecule has 3 rings (SSSR count). The van der Waals surface area contributed by atoms with Crippen molar-refractivity contribution in [1.29, 1.82) is 0 Å². The molecular weight excluding hydrogens is 240 g/mol. The van der Waals surface area contributed by atoms with Crippen LogP contribution in [0.5, 0.6) is 0 Å². The molecule has 0 spiro atoms. The number of H-pyrrole nitrogens is 1. The van der Waals surface area contributed by atoms with Gasteiger partial charge < -0.3 is 10.7 Å². The van der Waals surface area contributed by atoms with Gasteiger partial charge in [0.05, 0.1) is 0 Å². The molecule has 0 bridgehead atoms. The number of fused-ring (bicyclic) bond motifs is 1. The summed E-state index contributed by atoms with van der Waals surface area (Å²) in [4.78, 5) is 22.9. The van der Waals surface area contributed by atoms with Crippen LogP contribution in [-0.4, -0.2) is 20.9 Å². The monoisotopic (exact) mass is 252 g/mol. The maximum atomic E-state index is 11.5. The number of nitrogens with two attached hydrogens (primary N) is 1. The second kappa shape index (κ2) is 4.20. The van der Waals surface area contributed by atoms with Gasteiger partial charge >= 0.3 is 0 Å². The van der Waals surface area contributed by atoms with Gasteiger partial charge in [-0.2, -0.15) is 0 Å². The molecule has 0 fully saturated rings. The molecule has 0 saturated carbocycles. The number of rotatable bonds is 2. The Bertz CT molecular complexity index is 776. The molecule has 3 aromatic rings. The van der Waals surface area contributed by atoms with Crippen LogP contribution in [0.2, 0.25) is 0 Å². The van der Waals surface area contributed by atoms with Crippen LogP contribution in [0.3, 0.4) is 0 Å². The first-order valence-electron chi connectivity index (χ1n) is 5.86. The van der Waals surface area contributed by atoms with Crippen LogP contribution >= 0.6 is 0 Å². The summed E-state index contributed by atoms with van der Waals surface area (Å²) in [6, 6.07) is 7.85. The van der Waals surface area contributed by atoms with E-state index in [-0.39, 0.29) is 5.69 Å². The first-order valence-corrected chi connectivity index (χ1v) is 5.86. The summed E-state index contributed by atoms with van der Waals surface area (Å²) in [5.41, 5.74) is 8.13. The number of primary amides is 1. The van der Waals surface area contributed by atoms with Gasteiger partial charge in [-0.3, -0.25) is 4.79 Å². The molecule has 0 aliphatic rings. The molecule has 0 aliphatic heterocycles. The van der Waals surface area contributed by atoms with Crippen molar-refractivity contribution in [3.8, 4) is 11.1 Å². The lowest BCUT2D eigenvalue weighted by Crippen LogP contribution is -2.15. The highest BCUT2D eigenvalue weighted by molar-refractivity contribution is 5.98. The number of aryl methyl sites for hydroxylation is 1. The van der Waals surface area contributed by atoms with Gasteiger partial charge in [0.1, 0.15) is 11.5 Å². The molecule has 0 saturated heterocycles. The van der Waals surface area contributed by atoms with Gasteiger partial charge in [-0.05, 0) is 30.0 Å². The fourth-order valence-corrected chi connectivity index (χ4v) is 2.08. The zero-order valence-electron chi connectivity index (χ0n) is 10.3. The molecule has 2 aromatic heterocycles. The van der Waals surface area contributed by atoms with E-state index in [1.54, 1.807) is 13.1 Å². The number of benzene rings is 1. The maximum absolute atomic E-state index is 11.5. The number of carbonyl (C=O) groups excluding carboxylic acids is 1. The van der Waals surface area contributed by atoms with E-state index in [2.05, 4.69) is 15.0 Å². The summed E-state index contributed by atoms with van der Waals surface area (Å²) in [6.45, 7) is 1.73. The molecule has 3 N–H and O–H groups in total. The Labute approximate surface area is 109 Å². The van der Waals surface area contributed by atoms with Crippen molar-refractivity contribution in [1.82, 2.24) is 15.0 Å². The zero-order valence-corrected chi connectivity index (χ0v) is 10.3. The Balaban J connectivity index is 2.22. The predicted octanol–water partition coefficient (Wildman–Crippen LogP) is 2.03. The van der Waals surface area contributed by atoms with E-state index in [0.717, 1.165) is 16.5 Å². The van der Waals surface area contributed by atoms with Gasteiger partial charge in [0.25, 0.3) is 5.91 Å². The standard InChI is InChI=1S/C14H12N4O/c1-8-17-7-11(13(18-8)14(15)19)10-3-2-9-4-5-16-12(9)6-10/h2-7,16H,1H3,(H2,15,19). The molecule has 2 heterocycles. The lowest BCUT2D eigenvalue weighted by molar-refractivity contribution is 0.0996. The Morgan fingerprint density at radius 1 is 1.32 bits per heavy atom. The fourth-order valence-electron chi connectivity index (χ4n) is 2.08. The number of aromatic nitrogens is 3. The van der Waals surface area contributed by atoms with Crippen molar-refractivity contribution in [3.05, 3.63) is 48.2 Å². The maximum Gasteiger partial charge on any atom is 0.268 e. The summed E-state index contributed by atoms with van der Waals surface area (Å²) in [5, 5.41) is 1.11. The van der Waals surface area contributed by atoms with Crippen LogP contribution < -0.4 is 5.73 Å². The average Bonchev–Trinajstić information content (AvgIpc) is 2.85. The first-order chi connectivity index (χ1) is 9.15. The van der Waals surface area contributed by atoms with Crippen LogP contribution in [-0.2, 0) is 0 Å². The number of carbonyl (C=O) groups is 1. The van der Waals surface area contributed by atoms with Crippen molar-refractivity contribution in [3.63, 3.8) is 0 Å². The summed E-state index contributed by atoms with van der Waals surface area (Å²) in [6.07, 6.45) is 3.50. The van der Waals surface area contributed by atoms with E-state index in [4.69, 9.17) is 5.73 Å². The highest BCUT2D eigenvalue weighted by Crippen LogP contribution is 2.25. The van der Waals surface area contributed by atoms with Crippen molar-refractivity contribution in [2.75, 3.05) is 0 Å². The number of hydrogen-bond acceptors (Lipinski definition) is 3. The van der Waals surface area contributed by atoms with Crippen molar-refractivity contribution in [2.45, 2.75) is 6.92 Å². The van der Waals surface area contributed by atoms with Crippen LogP contribution in [0.15, 0.2) is 36.7 Å². The topological polar surface area (TPSA) is 84.7 Å². The van der Waals surface area contributed by atoms with E-state index in [1.165, 1.54) is 0 Å². The van der Waals surface area contributed by atoms with Gasteiger partial charge in [0.15, 0.2) is 0 Å². The van der Waals surface area contributed by atoms with E-state index in [1.807, 2.05) is 30.5 Å². The highest BCUT2D eigenvalue weighted by Gasteiger charge is 2.13. The largest absolute Gasteiger partial charge is 0.364 e. The number of hydrogen-bond donors (Lipinski definition) is 2. The quantitative estimate of drug-likeness (QED) is 0.731. The highest BCUT2D eigenvalue weighted by atomic mass is 16.1. The third-order valence-electron chi connectivity index (χ3n) is 3.01. The Morgan fingerprint density at radius 2 is 2.16 bits per heavy atom. The van der Waals surface area contributed by atoms with E-state index in [0.29, 0.717) is 11.4 Å². The average molecular weight is 252 g/mol. The van der Waals surface area contributed by atoms with Crippen molar-refractivity contribution >= 4 is 16.8 Å². The number of amides is 1. The van der Waals surface area contributed by atoms with Crippen molar-refractivity contribution < 1.29 is 4.79 Å². The Hall–Kier alpha value is -2.69. The minimum atomic E-state index is -0.549. The number of nitrogens with one attached hydrogen (secondary N) is 1. The lowest BCUT2D eigenvalue weighted by atomic mass is 10.0. The molecule has 0 atom stereocenters. The number of nitrogens with zero attached hydrogens (tertiary/aromatic N) is 2. The SMILES string of the molecule is Cc1ncc(-c2ccc3cc[nH]c3c2)c(C(N)=O)n1. The minimum Gasteiger partial charge on any atom is -0.364 e. The van der Waals surface area contributed by atoms with Crippen LogP contribution in [0, 0.1) is 6.92 Å². The van der Waals surface area contributed by atoms with Gasteiger partial charge in [-0.1, -0.05) is 12.1 Å². The van der Waals surface area contributed by atoms with Crippen molar-refractivity contribution in [2.24, 2.45) is 5.73 Å². The van der Waals surface area contributed by atoms with E-state index >= 15 is 0 Å². The fraction of sp³-hybridized carbons (Fsp3) is 0.0714. The summed E-state index contributed by atoms with van der Waals surface area (Å²) in [7, 11) is 0. The van der Waals surface area contributed by atoms with Gasteiger partial charge in [-0.25, -0.2) is 9.97 Å². The second-order valence-corrected chi connectivity index (χ2v) is 4.32. The van der Waals surface area contributed by atoms with Crippen LogP contribution in [0.1, 0.15) is 16.3 Å². The summed E-state index contributed by atoms with van der Waals surface area (Å²) >= 11 is 0. The molecule has 1 aromatic carbocycles.